The van der Waals surface area contributed by atoms with Crippen LogP contribution in [0.25, 0.3) is 11.1 Å². The van der Waals surface area contributed by atoms with Crippen LogP contribution in [-0.2, 0) is 0 Å². The Labute approximate surface area is 88.2 Å². The Balaban J connectivity index is 2.46. The first kappa shape index (κ1) is 9.45. The third kappa shape index (κ3) is 1.88. The molecule has 3 N–H and O–H groups in total. The fraction of sp³-hybridized carbons (Fsp3) is 0.0909. The van der Waals surface area contributed by atoms with Crippen LogP contribution >= 0.6 is 0 Å². The maximum absolute atomic E-state index is 5.69. The Hall–Kier alpha value is -2.10. The number of anilines is 2. The van der Waals surface area contributed by atoms with Gasteiger partial charge in [-0.2, -0.15) is 0 Å². The Morgan fingerprint density at radius 1 is 1.20 bits per heavy atom. The molecule has 0 spiro atoms. The van der Waals surface area contributed by atoms with Gasteiger partial charge in [0.2, 0.25) is 0 Å². The van der Waals surface area contributed by atoms with Gasteiger partial charge in [-0.15, -0.1) is 0 Å². The van der Waals surface area contributed by atoms with E-state index < -0.39 is 0 Å². The van der Waals surface area contributed by atoms with E-state index in [1.165, 1.54) is 0 Å². The van der Waals surface area contributed by atoms with Crippen molar-refractivity contribution in [2.75, 3.05) is 18.1 Å². The standard InChI is InChI=1S/C11H12N4/c1-13-10-6-9(7-15-11(10)12)8-2-4-14-5-3-8/h2-7,13H,1H3,(H2,12,15). The molecule has 0 aliphatic heterocycles. The minimum Gasteiger partial charge on any atom is -0.385 e. The topological polar surface area (TPSA) is 63.8 Å². The normalized spacial score (nSPS) is 9.93. The van der Waals surface area contributed by atoms with Gasteiger partial charge in [0.15, 0.2) is 0 Å². The average molecular weight is 200 g/mol. The van der Waals surface area contributed by atoms with E-state index in [9.17, 15) is 0 Å². The lowest BCUT2D eigenvalue weighted by Gasteiger charge is -2.06. The molecule has 0 radical (unpaired) electrons. The van der Waals surface area contributed by atoms with Crippen LogP contribution in [-0.4, -0.2) is 17.0 Å². The average Bonchev–Trinajstić information content (AvgIpc) is 2.31. The van der Waals surface area contributed by atoms with Crippen LogP contribution < -0.4 is 11.1 Å². The lowest BCUT2D eigenvalue weighted by molar-refractivity contribution is 1.30. The number of nitrogens with one attached hydrogen (secondary N) is 1. The van der Waals surface area contributed by atoms with Crippen molar-refractivity contribution in [1.29, 1.82) is 0 Å². The van der Waals surface area contributed by atoms with Crippen molar-refractivity contribution < 1.29 is 0 Å². The van der Waals surface area contributed by atoms with Gasteiger partial charge in [0, 0.05) is 31.2 Å². The summed E-state index contributed by atoms with van der Waals surface area (Å²) in [6, 6.07) is 5.84. The Morgan fingerprint density at radius 2 is 1.93 bits per heavy atom. The highest BCUT2D eigenvalue weighted by atomic mass is 14.9. The molecule has 0 unspecified atom stereocenters. The van der Waals surface area contributed by atoms with Crippen molar-refractivity contribution >= 4 is 11.5 Å². The highest BCUT2D eigenvalue weighted by molar-refractivity contribution is 5.72. The summed E-state index contributed by atoms with van der Waals surface area (Å²) in [6.07, 6.45) is 5.26. The van der Waals surface area contributed by atoms with E-state index in [0.717, 1.165) is 16.8 Å². The number of hydrogen-bond acceptors (Lipinski definition) is 4. The molecule has 76 valence electrons. The number of nitrogens with zero attached hydrogens (tertiary/aromatic N) is 2. The highest BCUT2D eigenvalue weighted by Gasteiger charge is 2.02. The van der Waals surface area contributed by atoms with E-state index in [1.54, 1.807) is 18.6 Å². The maximum Gasteiger partial charge on any atom is 0.146 e. The molecule has 0 bridgehead atoms. The summed E-state index contributed by atoms with van der Waals surface area (Å²) in [7, 11) is 1.82. The molecule has 0 fully saturated rings. The van der Waals surface area contributed by atoms with Crippen molar-refractivity contribution in [1.82, 2.24) is 9.97 Å². The van der Waals surface area contributed by atoms with Crippen LogP contribution in [0.15, 0.2) is 36.8 Å². The molecular formula is C11H12N4. The predicted molar refractivity (Wildman–Crippen MR) is 61.4 cm³/mol. The summed E-state index contributed by atoms with van der Waals surface area (Å²) in [5.41, 5.74) is 8.63. The Bertz CT molecular complexity index is 453. The predicted octanol–water partition coefficient (Wildman–Crippen LogP) is 1.77. The maximum atomic E-state index is 5.69. The lowest BCUT2D eigenvalue weighted by atomic mass is 10.1. The van der Waals surface area contributed by atoms with Crippen molar-refractivity contribution in [2.45, 2.75) is 0 Å². The number of hydrogen-bond donors (Lipinski definition) is 2. The van der Waals surface area contributed by atoms with Crippen LogP contribution in [0.2, 0.25) is 0 Å². The molecule has 0 aliphatic carbocycles. The molecule has 0 amide bonds. The van der Waals surface area contributed by atoms with Gasteiger partial charge in [0.1, 0.15) is 5.82 Å². The monoisotopic (exact) mass is 200 g/mol. The zero-order chi connectivity index (χ0) is 10.7. The van der Waals surface area contributed by atoms with Crippen LogP contribution in [0.1, 0.15) is 0 Å². The van der Waals surface area contributed by atoms with Crippen LogP contribution in [0.5, 0.6) is 0 Å². The van der Waals surface area contributed by atoms with Gasteiger partial charge in [-0.25, -0.2) is 4.98 Å². The smallest absolute Gasteiger partial charge is 0.146 e. The summed E-state index contributed by atoms with van der Waals surface area (Å²) in [5.74, 6) is 0.510. The third-order valence-electron chi connectivity index (χ3n) is 2.20. The van der Waals surface area contributed by atoms with Gasteiger partial charge in [-0.1, -0.05) is 0 Å². The van der Waals surface area contributed by atoms with E-state index in [-0.39, 0.29) is 0 Å². The molecule has 0 aromatic carbocycles. The van der Waals surface area contributed by atoms with Gasteiger partial charge in [0.25, 0.3) is 0 Å². The fourth-order valence-electron chi connectivity index (χ4n) is 1.38. The van der Waals surface area contributed by atoms with E-state index in [0.29, 0.717) is 5.82 Å². The Morgan fingerprint density at radius 3 is 2.60 bits per heavy atom. The molecule has 0 saturated carbocycles. The summed E-state index contributed by atoms with van der Waals surface area (Å²) in [5, 5.41) is 3.00. The second kappa shape index (κ2) is 3.96. The number of nitrogens with two attached hydrogens (primary N) is 1. The first-order valence-electron chi connectivity index (χ1n) is 4.65. The van der Waals surface area contributed by atoms with E-state index in [2.05, 4.69) is 15.3 Å². The third-order valence-corrected chi connectivity index (χ3v) is 2.20. The number of pyridine rings is 2. The highest BCUT2D eigenvalue weighted by Crippen LogP contribution is 2.23. The number of aromatic nitrogens is 2. The van der Waals surface area contributed by atoms with Crippen molar-refractivity contribution in [3.63, 3.8) is 0 Å². The number of rotatable bonds is 2. The summed E-state index contributed by atoms with van der Waals surface area (Å²) >= 11 is 0. The summed E-state index contributed by atoms with van der Waals surface area (Å²) in [4.78, 5) is 8.09. The SMILES string of the molecule is CNc1cc(-c2ccncc2)cnc1N. The second-order valence-electron chi connectivity index (χ2n) is 3.14. The van der Waals surface area contributed by atoms with Crippen molar-refractivity contribution in [2.24, 2.45) is 0 Å². The lowest BCUT2D eigenvalue weighted by Crippen LogP contribution is -1.98. The van der Waals surface area contributed by atoms with Gasteiger partial charge in [-0.05, 0) is 23.8 Å². The molecule has 2 aromatic rings. The molecule has 15 heavy (non-hydrogen) atoms. The zero-order valence-corrected chi connectivity index (χ0v) is 8.44. The molecule has 4 nitrogen and oxygen atoms in total. The molecule has 0 saturated heterocycles. The largest absolute Gasteiger partial charge is 0.385 e. The first-order chi connectivity index (χ1) is 7.31. The summed E-state index contributed by atoms with van der Waals surface area (Å²) in [6.45, 7) is 0. The van der Waals surface area contributed by atoms with E-state index >= 15 is 0 Å². The van der Waals surface area contributed by atoms with Gasteiger partial charge < -0.3 is 11.1 Å². The van der Waals surface area contributed by atoms with Gasteiger partial charge in [0.05, 0.1) is 5.69 Å². The molecule has 4 heteroatoms. The summed E-state index contributed by atoms with van der Waals surface area (Å²) < 4.78 is 0. The zero-order valence-electron chi connectivity index (χ0n) is 8.44. The van der Waals surface area contributed by atoms with Gasteiger partial charge >= 0.3 is 0 Å². The molecule has 2 heterocycles. The minimum atomic E-state index is 0.510. The molecule has 0 atom stereocenters. The number of nitrogen functional groups attached to an aromatic ring is 1. The minimum absolute atomic E-state index is 0.510. The van der Waals surface area contributed by atoms with Crippen LogP contribution in [0.4, 0.5) is 11.5 Å². The first-order valence-corrected chi connectivity index (χ1v) is 4.65. The second-order valence-corrected chi connectivity index (χ2v) is 3.14. The quantitative estimate of drug-likeness (QED) is 0.775. The van der Waals surface area contributed by atoms with Crippen molar-refractivity contribution in [3.8, 4) is 11.1 Å². The van der Waals surface area contributed by atoms with Crippen LogP contribution in [0.3, 0.4) is 0 Å². The van der Waals surface area contributed by atoms with Gasteiger partial charge in [-0.3, -0.25) is 4.98 Å². The van der Waals surface area contributed by atoms with E-state index in [1.807, 2.05) is 25.2 Å². The molecule has 2 aromatic heterocycles. The molecular weight excluding hydrogens is 188 g/mol. The molecule has 0 aliphatic rings. The van der Waals surface area contributed by atoms with E-state index in [4.69, 9.17) is 5.73 Å². The van der Waals surface area contributed by atoms with Crippen molar-refractivity contribution in [3.05, 3.63) is 36.8 Å². The Kier molecular flexibility index (Phi) is 2.49. The van der Waals surface area contributed by atoms with Crippen LogP contribution in [0, 0.1) is 0 Å². The molecule has 2 rings (SSSR count). The fourth-order valence-corrected chi connectivity index (χ4v) is 1.38.